The lowest BCUT2D eigenvalue weighted by Gasteiger charge is -2.03. The van der Waals surface area contributed by atoms with Crippen molar-refractivity contribution in [1.29, 1.82) is 0 Å². The van der Waals surface area contributed by atoms with E-state index in [2.05, 4.69) is 21.2 Å². The molecule has 1 aromatic carbocycles. The van der Waals surface area contributed by atoms with Gasteiger partial charge in [0.2, 0.25) is 0 Å². The van der Waals surface area contributed by atoms with Gasteiger partial charge in [0.1, 0.15) is 5.69 Å². The number of carbonyl (C=O) groups is 1. The highest BCUT2D eigenvalue weighted by atomic mass is 16.1. The minimum absolute atomic E-state index is 0.217. The van der Waals surface area contributed by atoms with Gasteiger partial charge in [0.25, 0.3) is 5.91 Å². The molecular formula is C14H13N3O. The van der Waals surface area contributed by atoms with Crippen molar-refractivity contribution in [2.45, 2.75) is 12.8 Å². The van der Waals surface area contributed by atoms with Crippen molar-refractivity contribution in [3.63, 3.8) is 0 Å². The van der Waals surface area contributed by atoms with Gasteiger partial charge in [0, 0.05) is 13.0 Å². The number of carbonyl (C=O) groups excluding carboxylic acids is 1. The number of aromatic nitrogens is 2. The quantitative estimate of drug-likeness (QED) is 0.653. The molecule has 0 aliphatic carbocycles. The fourth-order valence-electron chi connectivity index (χ4n) is 1.55. The third-order valence-electron chi connectivity index (χ3n) is 2.46. The Bertz CT molecular complexity index is 601. The smallest absolute Gasteiger partial charge is 0.271 e. The molecule has 0 unspecified atom stereocenters. The van der Waals surface area contributed by atoms with Gasteiger partial charge in [0.05, 0.1) is 17.2 Å². The van der Waals surface area contributed by atoms with Crippen LogP contribution in [0.25, 0.3) is 11.0 Å². The fourth-order valence-corrected chi connectivity index (χ4v) is 1.55. The number of nitrogens with one attached hydrogen (secondary N) is 1. The monoisotopic (exact) mass is 239 g/mol. The molecule has 18 heavy (non-hydrogen) atoms. The molecule has 1 aromatic heterocycles. The number of unbranched alkanes of at least 4 members (excludes halogenated alkanes) is 1. The molecule has 0 aliphatic heterocycles. The summed E-state index contributed by atoms with van der Waals surface area (Å²) in [4.78, 5) is 20.2. The molecule has 4 nitrogen and oxygen atoms in total. The van der Waals surface area contributed by atoms with Gasteiger partial charge in [-0.15, -0.1) is 12.3 Å². The molecule has 1 amide bonds. The number of terminal acetylenes is 1. The molecule has 0 aliphatic rings. The molecule has 0 bridgehead atoms. The van der Waals surface area contributed by atoms with Crippen LogP contribution in [0.2, 0.25) is 0 Å². The molecule has 0 spiro atoms. The maximum atomic E-state index is 11.8. The van der Waals surface area contributed by atoms with E-state index in [0.29, 0.717) is 24.2 Å². The normalized spacial score (nSPS) is 9.94. The van der Waals surface area contributed by atoms with Crippen molar-refractivity contribution < 1.29 is 4.79 Å². The van der Waals surface area contributed by atoms with E-state index in [0.717, 1.165) is 11.9 Å². The number of hydrogen-bond acceptors (Lipinski definition) is 3. The van der Waals surface area contributed by atoms with Gasteiger partial charge in [0.15, 0.2) is 0 Å². The van der Waals surface area contributed by atoms with E-state index >= 15 is 0 Å². The summed E-state index contributed by atoms with van der Waals surface area (Å²) in [6, 6.07) is 7.44. The Labute approximate surface area is 105 Å². The average Bonchev–Trinajstić information content (AvgIpc) is 2.43. The number of rotatable bonds is 4. The topological polar surface area (TPSA) is 54.9 Å². The summed E-state index contributed by atoms with van der Waals surface area (Å²) in [6.07, 6.45) is 8.04. The van der Waals surface area contributed by atoms with Crippen LogP contribution in [0.3, 0.4) is 0 Å². The van der Waals surface area contributed by atoms with Crippen molar-refractivity contribution in [1.82, 2.24) is 15.3 Å². The minimum Gasteiger partial charge on any atom is -0.351 e. The molecule has 0 saturated heterocycles. The lowest BCUT2D eigenvalue weighted by Crippen LogP contribution is -2.25. The van der Waals surface area contributed by atoms with Crippen molar-refractivity contribution in [2.24, 2.45) is 0 Å². The predicted octanol–water partition coefficient (Wildman–Crippen LogP) is 1.77. The maximum Gasteiger partial charge on any atom is 0.271 e. The Morgan fingerprint density at radius 2 is 2.11 bits per heavy atom. The largest absolute Gasteiger partial charge is 0.351 e. The van der Waals surface area contributed by atoms with E-state index in [-0.39, 0.29) is 5.91 Å². The van der Waals surface area contributed by atoms with Crippen molar-refractivity contribution in [3.05, 3.63) is 36.2 Å². The number of benzene rings is 1. The highest BCUT2D eigenvalue weighted by molar-refractivity contribution is 5.93. The van der Waals surface area contributed by atoms with Gasteiger partial charge in [-0.25, -0.2) is 4.98 Å². The van der Waals surface area contributed by atoms with Crippen LogP contribution in [-0.2, 0) is 0 Å². The summed E-state index contributed by atoms with van der Waals surface area (Å²) in [5.41, 5.74) is 1.82. The Morgan fingerprint density at radius 3 is 2.89 bits per heavy atom. The summed E-state index contributed by atoms with van der Waals surface area (Å²) in [5.74, 6) is 2.31. The number of para-hydroxylation sites is 2. The average molecular weight is 239 g/mol. The molecule has 0 atom stereocenters. The molecule has 90 valence electrons. The molecule has 1 N–H and O–H groups in total. The second-order valence-corrected chi connectivity index (χ2v) is 3.81. The molecule has 4 heteroatoms. The molecule has 2 aromatic rings. The summed E-state index contributed by atoms with van der Waals surface area (Å²) in [5, 5.41) is 2.76. The van der Waals surface area contributed by atoms with Gasteiger partial charge in [-0.1, -0.05) is 12.1 Å². The number of nitrogens with zero attached hydrogens (tertiary/aromatic N) is 2. The van der Waals surface area contributed by atoms with E-state index in [1.54, 1.807) is 0 Å². The molecule has 1 heterocycles. The highest BCUT2D eigenvalue weighted by Gasteiger charge is 2.07. The van der Waals surface area contributed by atoms with E-state index in [1.807, 2.05) is 24.3 Å². The summed E-state index contributed by atoms with van der Waals surface area (Å²) < 4.78 is 0. The zero-order valence-corrected chi connectivity index (χ0v) is 9.89. The summed E-state index contributed by atoms with van der Waals surface area (Å²) >= 11 is 0. The standard InChI is InChI=1S/C14H13N3O/c1-2-3-6-9-15-14(18)13-10-16-11-7-4-5-8-12(11)17-13/h1,4-5,7-8,10H,3,6,9H2,(H,15,18). The van der Waals surface area contributed by atoms with Crippen LogP contribution < -0.4 is 5.32 Å². The molecule has 0 saturated carbocycles. The lowest BCUT2D eigenvalue weighted by molar-refractivity contribution is 0.0948. The van der Waals surface area contributed by atoms with Crippen LogP contribution in [0.5, 0.6) is 0 Å². The van der Waals surface area contributed by atoms with Crippen LogP contribution >= 0.6 is 0 Å². The van der Waals surface area contributed by atoms with Crippen LogP contribution in [-0.4, -0.2) is 22.4 Å². The Kier molecular flexibility index (Phi) is 3.87. The summed E-state index contributed by atoms with van der Waals surface area (Å²) in [6.45, 7) is 0.553. The van der Waals surface area contributed by atoms with Gasteiger partial charge in [-0.05, 0) is 18.6 Å². The molecule has 0 fully saturated rings. The van der Waals surface area contributed by atoms with Crippen LogP contribution in [0.15, 0.2) is 30.5 Å². The Hall–Kier alpha value is -2.41. The lowest BCUT2D eigenvalue weighted by atomic mass is 10.3. The highest BCUT2D eigenvalue weighted by Crippen LogP contribution is 2.08. The first kappa shape index (κ1) is 12.1. The van der Waals surface area contributed by atoms with Gasteiger partial charge < -0.3 is 5.32 Å². The predicted molar refractivity (Wildman–Crippen MR) is 69.9 cm³/mol. The molecular weight excluding hydrogens is 226 g/mol. The second-order valence-electron chi connectivity index (χ2n) is 3.81. The Morgan fingerprint density at radius 1 is 1.33 bits per heavy atom. The number of fused-ring (bicyclic) bond motifs is 1. The number of amides is 1. The first-order valence-corrected chi connectivity index (χ1v) is 5.74. The van der Waals surface area contributed by atoms with Gasteiger partial charge in [-0.2, -0.15) is 0 Å². The van der Waals surface area contributed by atoms with Crippen LogP contribution in [0, 0.1) is 12.3 Å². The van der Waals surface area contributed by atoms with E-state index in [9.17, 15) is 4.79 Å². The van der Waals surface area contributed by atoms with Crippen molar-refractivity contribution in [3.8, 4) is 12.3 Å². The van der Waals surface area contributed by atoms with Crippen LogP contribution in [0.4, 0.5) is 0 Å². The zero-order valence-electron chi connectivity index (χ0n) is 9.89. The Balaban J connectivity index is 2.06. The van der Waals surface area contributed by atoms with E-state index in [4.69, 9.17) is 6.42 Å². The minimum atomic E-state index is -0.217. The SMILES string of the molecule is C#CCCCNC(=O)c1cnc2ccccc2n1. The summed E-state index contributed by atoms with van der Waals surface area (Å²) in [7, 11) is 0. The fraction of sp³-hybridized carbons (Fsp3) is 0.214. The van der Waals surface area contributed by atoms with Crippen molar-refractivity contribution in [2.75, 3.05) is 6.54 Å². The maximum absolute atomic E-state index is 11.8. The first-order valence-electron chi connectivity index (χ1n) is 5.74. The second kappa shape index (κ2) is 5.78. The third kappa shape index (κ3) is 2.83. The van der Waals surface area contributed by atoms with E-state index in [1.165, 1.54) is 6.20 Å². The molecule has 2 rings (SSSR count). The first-order chi connectivity index (χ1) is 8.81. The van der Waals surface area contributed by atoms with Gasteiger partial charge in [-0.3, -0.25) is 9.78 Å². The third-order valence-corrected chi connectivity index (χ3v) is 2.46. The van der Waals surface area contributed by atoms with Crippen LogP contribution in [0.1, 0.15) is 23.3 Å². The molecule has 0 radical (unpaired) electrons. The van der Waals surface area contributed by atoms with E-state index < -0.39 is 0 Å². The van der Waals surface area contributed by atoms with Crippen molar-refractivity contribution >= 4 is 16.9 Å². The van der Waals surface area contributed by atoms with Gasteiger partial charge >= 0.3 is 0 Å². The zero-order chi connectivity index (χ0) is 12.8. The number of hydrogen-bond donors (Lipinski definition) is 1.